The lowest BCUT2D eigenvalue weighted by Crippen LogP contribution is -2.23. The smallest absolute Gasteiger partial charge is 0.148 e. The Kier molecular flexibility index (Phi) is 5.03. The monoisotopic (exact) mass is 313 g/mol. The van der Waals surface area contributed by atoms with Crippen molar-refractivity contribution in [2.75, 3.05) is 6.16 Å². The Balaban J connectivity index is 2.49. The van der Waals surface area contributed by atoms with Crippen molar-refractivity contribution in [1.29, 1.82) is 0 Å². The average Bonchev–Trinajstić information content (AvgIpc) is 2.47. The molecule has 0 heterocycles. The van der Waals surface area contributed by atoms with E-state index in [-0.39, 0.29) is 5.54 Å². The molecule has 0 aliphatic heterocycles. The molecule has 2 aromatic carbocycles. The van der Waals surface area contributed by atoms with Gasteiger partial charge in [-0.3, -0.25) is 4.99 Å². The molecule has 0 saturated heterocycles. The normalized spacial score (nSPS) is 13.2. The zero-order valence-corrected chi connectivity index (χ0v) is 14.7. The van der Waals surface area contributed by atoms with Gasteiger partial charge in [0.2, 0.25) is 0 Å². The Bertz CT molecular complexity index is 641. The molecular formula is C19H24NOP. The van der Waals surface area contributed by atoms with Crippen LogP contribution in [0.2, 0.25) is 0 Å². The molecule has 0 atom stereocenters. The van der Waals surface area contributed by atoms with Gasteiger partial charge in [-0.25, -0.2) is 0 Å². The molecule has 22 heavy (non-hydrogen) atoms. The summed E-state index contributed by atoms with van der Waals surface area (Å²) in [5.74, 6) is 0. The third-order valence-corrected chi connectivity index (χ3v) is 6.49. The van der Waals surface area contributed by atoms with Crippen molar-refractivity contribution in [1.82, 2.24) is 0 Å². The molecule has 0 amide bonds. The number of rotatable bonds is 4. The second-order valence-corrected chi connectivity index (χ2v) is 9.42. The summed E-state index contributed by atoms with van der Waals surface area (Å²) in [4.78, 5) is 4.69. The Morgan fingerprint density at radius 3 is 1.68 bits per heavy atom. The van der Waals surface area contributed by atoms with Gasteiger partial charge >= 0.3 is 0 Å². The fraction of sp³-hybridized carbons (Fsp3) is 0.316. The van der Waals surface area contributed by atoms with E-state index in [9.17, 15) is 4.57 Å². The number of benzene rings is 2. The Morgan fingerprint density at radius 1 is 0.909 bits per heavy atom. The predicted octanol–water partition coefficient (Wildman–Crippen LogP) is 4.26. The van der Waals surface area contributed by atoms with E-state index in [1.54, 1.807) is 0 Å². The maximum Gasteiger partial charge on any atom is 0.148 e. The highest BCUT2D eigenvalue weighted by molar-refractivity contribution is 7.79. The Labute approximate surface area is 133 Å². The summed E-state index contributed by atoms with van der Waals surface area (Å²) >= 11 is 0. The van der Waals surface area contributed by atoms with E-state index in [2.05, 4.69) is 25.8 Å². The maximum atomic E-state index is 13.8. The summed E-state index contributed by atoms with van der Waals surface area (Å²) in [6.07, 6.45) is 0.484. The first kappa shape index (κ1) is 16.7. The van der Waals surface area contributed by atoms with E-state index in [1.165, 1.54) is 0 Å². The molecule has 0 fully saturated rings. The van der Waals surface area contributed by atoms with Crippen LogP contribution in [-0.2, 0) is 4.57 Å². The van der Waals surface area contributed by atoms with Gasteiger partial charge in [0.1, 0.15) is 7.14 Å². The van der Waals surface area contributed by atoms with Crippen LogP contribution in [0.1, 0.15) is 27.7 Å². The van der Waals surface area contributed by atoms with Gasteiger partial charge in [-0.15, -0.1) is 0 Å². The van der Waals surface area contributed by atoms with Crippen LogP contribution in [0.15, 0.2) is 65.7 Å². The second-order valence-electron chi connectivity index (χ2n) is 6.59. The third-order valence-electron chi connectivity index (χ3n) is 3.32. The van der Waals surface area contributed by atoms with Crippen LogP contribution >= 0.6 is 7.14 Å². The van der Waals surface area contributed by atoms with Crippen molar-refractivity contribution in [2.45, 2.75) is 33.2 Å². The molecule has 0 N–H and O–H groups in total. The maximum absolute atomic E-state index is 13.8. The largest absolute Gasteiger partial charge is 0.313 e. The van der Waals surface area contributed by atoms with Crippen LogP contribution in [0.3, 0.4) is 0 Å². The van der Waals surface area contributed by atoms with E-state index >= 15 is 0 Å². The third kappa shape index (κ3) is 4.18. The van der Waals surface area contributed by atoms with Crippen LogP contribution in [-0.4, -0.2) is 17.4 Å². The van der Waals surface area contributed by atoms with E-state index in [4.69, 9.17) is 0 Å². The quantitative estimate of drug-likeness (QED) is 0.612. The molecular weight excluding hydrogens is 289 g/mol. The minimum Gasteiger partial charge on any atom is -0.313 e. The number of aliphatic imine (C=N–C) groups is 1. The van der Waals surface area contributed by atoms with Crippen LogP contribution < -0.4 is 10.6 Å². The fourth-order valence-corrected chi connectivity index (χ4v) is 5.29. The van der Waals surface area contributed by atoms with E-state index in [0.717, 1.165) is 16.3 Å². The summed E-state index contributed by atoms with van der Waals surface area (Å²) in [5, 5.41) is 1.79. The molecule has 0 saturated carbocycles. The fourth-order valence-electron chi connectivity index (χ4n) is 2.60. The van der Waals surface area contributed by atoms with Crippen molar-refractivity contribution >= 4 is 23.5 Å². The number of nitrogens with zero attached hydrogens (tertiary/aromatic N) is 1. The van der Waals surface area contributed by atoms with Crippen LogP contribution in [0.25, 0.3) is 0 Å². The molecule has 2 rings (SSSR count). The lowest BCUT2D eigenvalue weighted by Gasteiger charge is -2.21. The SMILES string of the molecule is CC(CP(=O)(c1ccccc1)c1ccccc1)=NC(C)(C)C. The van der Waals surface area contributed by atoms with Crippen molar-refractivity contribution in [3.63, 3.8) is 0 Å². The van der Waals surface area contributed by atoms with Crippen molar-refractivity contribution < 1.29 is 4.57 Å². The lowest BCUT2D eigenvalue weighted by atomic mass is 10.1. The standard InChI is InChI=1S/C19H24NOP/c1-16(20-19(2,3)4)15-22(21,17-11-7-5-8-12-17)18-13-9-6-10-14-18/h5-14H,15H2,1-4H3. The van der Waals surface area contributed by atoms with Crippen LogP contribution in [0.5, 0.6) is 0 Å². The van der Waals surface area contributed by atoms with Gasteiger partial charge in [0.25, 0.3) is 0 Å². The summed E-state index contributed by atoms with van der Waals surface area (Å²) in [7, 11) is -2.70. The van der Waals surface area contributed by atoms with Gasteiger partial charge in [-0.2, -0.15) is 0 Å². The van der Waals surface area contributed by atoms with Crippen molar-refractivity contribution in [3.05, 3.63) is 60.7 Å². The Morgan fingerprint density at radius 2 is 1.32 bits per heavy atom. The van der Waals surface area contributed by atoms with Crippen LogP contribution in [0.4, 0.5) is 0 Å². The molecule has 0 spiro atoms. The first-order chi connectivity index (χ1) is 10.3. The summed E-state index contributed by atoms with van der Waals surface area (Å²) in [5.41, 5.74) is 0.783. The summed E-state index contributed by atoms with van der Waals surface area (Å²) < 4.78 is 13.8. The van der Waals surface area contributed by atoms with Gasteiger partial charge in [-0.05, 0) is 27.7 Å². The first-order valence-electron chi connectivity index (χ1n) is 7.57. The van der Waals surface area contributed by atoms with Gasteiger partial charge in [0.15, 0.2) is 0 Å². The molecule has 0 aliphatic rings. The topological polar surface area (TPSA) is 29.4 Å². The minimum absolute atomic E-state index is 0.151. The molecule has 2 nitrogen and oxygen atoms in total. The molecule has 0 bridgehead atoms. The van der Waals surface area contributed by atoms with Gasteiger partial charge < -0.3 is 4.57 Å². The lowest BCUT2D eigenvalue weighted by molar-refractivity contribution is 0.581. The predicted molar refractivity (Wildman–Crippen MR) is 97.5 cm³/mol. The van der Waals surface area contributed by atoms with Crippen molar-refractivity contribution in [2.24, 2.45) is 4.99 Å². The van der Waals surface area contributed by atoms with Gasteiger partial charge in [0, 0.05) is 22.5 Å². The highest BCUT2D eigenvalue weighted by Crippen LogP contribution is 2.43. The Hall–Kier alpha value is -1.66. The highest BCUT2D eigenvalue weighted by Gasteiger charge is 2.28. The molecule has 0 radical (unpaired) electrons. The van der Waals surface area contributed by atoms with E-state index in [1.807, 2.05) is 67.6 Å². The highest BCUT2D eigenvalue weighted by atomic mass is 31.2. The summed E-state index contributed by atoms with van der Waals surface area (Å²) in [6.45, 7) is 8.16. The van der Waals surface area contributed by atoms with Gasteiger partial charge in [0.05, 0.1) is 5.54 Å². The molecule has 116 valence electrons. The molecule has 0 aliphatic carbocycles. The molecule has 0 aromatic heterocycles. The molecule has 2 aromatic rings. The second kappa shape index (κ2) is 6.62. The molecule has 3 heteroatoms. The van der Waals surface area contributed by atoms with Crippen LogP contribution in [0, 0.1) is 0 Å². The van der Waals surface area contributed by atoms with Gasteiger partial charge in [-0.1, -0.05) is 60.7 Å². The minimum atomic E-state index is -2.70. The van der Waals surface area contributed by atoms with E-state index in [0.29, 0.717) is 6.16 Å². The zero-order chi connectivity index (χ0) is 16.2. The zero-order valence-electron chi connectivity index (χ0n) is 13.8. The van der Waals surface area contributed by atoms with Crippen molar-refractivity contribution in [3.8, 4) is 0 Å². The van der Waals surface area contributed by atoms with E-state index < -0.39 is 7.14 Å². The molecule has 0 unspecified atom stereocenters. The number of hydrogen-bond donors (Lipinski definition) is 0. The summed E-state index contributed by atoms with van der Waals surface area (Å²) in [6, 6.07) is 19.5. The first-order valence-corrected chi connectivity index (χ1v) is 9.46. The average molecular weight is 313 g/mol. The number of hydrogen-bond acceptors (Lipinski definition) is 2.